The van der Waals surface area contributed by atoms with Crippen LogP contribution in [0.2, 0.25) is 5.02 Å². The van der Waals surface area contributed by atoms with Crippen molar-refractivity contribution in [2.75, 3.05) is 39.8 Å². The molecule has 1 aliphatic heterocycles. The Bertz CT molecular complexity index is 542. The summed E-state index contributed by atoms with van der Waals surface area (Å²) < 4.78 is 0. The molecule has 1 heterocycles. The van der Waals surface area contributed by atoms with Crippen LogP contribution in [0.3, 0.4) is 0 Å². The number of amides is 2. The summed E-state index contributed by atoms with van der Waals surface area (Å²) in [6, 6.07) is 5.18. The monoisotopic (exact) mass is 309 g/mol. The summed E-state index contributed by atoms with van der Waals surface area (Å²) >= 11 is 6.04. The molecule has 0 saturated carbocycles. The Morgan fingerprint density at radius 3 is 2.62 bits per heavy atom. The summed E-state index contributed by atoms with van der Waals surface area (Å²) in [5.74, 6) is -0.217. The van der Waals surface area contributed by atoms with E-state index in [4.69, 9.17) is 11.6 Å². The number of aryl methyl sites for hydroxylation is 1. The zero-order valence-corrected chi connectivity index (χ0v) is 13.1. The summed E-state index contributed by atoms with van der Waals surface area (Å²) in [4.78, 5) is 27.7. The van der Waals surface area contributed by atoms with Crippen LogP contribution in [0.1, 0.15) is 15.9 Å². The van der Waals surface area contributed by atoms with Gasteiger partial charge in [0.1, 0.15) is 0 Å². The van der Waals surface area contributed by atoms with Crippen molar-refractivity contribution in [3.8, 4) is 0 Å². The predicted octanol–water partition coefficient (Wildman–Crippen LogP) is 1.15. The lowest BCUT2D eigenvalue weighted by molar-refractivity contribution is -0.132. The summed E-state index contributed by atoms with van der Waals surface area (Å²) in [5.41, 5.74) is 1.42. The first-order valence-corrected chi connectivity index (χ1v) is 7.37. The van der Waals surface area contributed by atoms with Crippen LogP contribution in [-0.2, 0) is 4.79 Å². The van der Waals surface area contributed by atoms with Gasteiger partial charge in [0.15, 0.2) is 0 Å². The Balaban J connectivity index is 1.98. The van der Waals surface area contributed by atoms with E-state index in [1.54, 1.807) is 24.1 Å². The lowest BCUT2D eigenvalue weighted by atomic mass is 10.1. The first-order valence-electron chi connectivity index (χ1n) is 6.99. The molecule has 1 fully saturated rings. The van der Waals surface area contributed by atoms with Crippen molar-refractivity contribution in [1.29, 1.82) is 0 Å². The van der Waals surface area contributed by atoms with E-state index in [2.05, 4.69) is 5.32 Å². The third-order valence-electron chi connectivity index (χ3n) is 3.61. The van der Waals surface area contributed by atoms with Crippen molar-refractivity contribution in [2.24, 2.45) is 0 Å². The van der Waals surface area contributed by atoms with Gasteiger partial charge in [-0.15, -0.1) is 0 Å². The maximum Gasteiger partial charge on any atom is 0.254 e. The average Bonchev–Trinajstić information content (AvgIpc) is 2.50. The van der Waals surface area contributed by atoms with Gasteiger partial charge in [0, 0.05) is 43.8 Å². The van der Waals surface area contributed by atoms with E-state index in [0.717, 1.165) is 18.7 Å². The number of carbonyl (C=O) groups is 2. The van der Waals surface area contributed by atoms with Gasteiger partial charge in [0.2, 0.25) is 5.91 Å². The van der Waals surface area contributed by atoms with Crippen molar-refractivity contribution < 1.29 is 9.59 Å². The van der Waals surface area contributed by atoms with Gasteiger partial charge in [-0.25, -0.2) is 0 Å². The van der Waals surface area contributed by atoms with E-state index in [0.29, 0.717) is 23.7 Å². The third kappa shape index (κ3) is 3.95. The molecule has 0 spiro atoms. The van der Waals surface area contributed by atoms with Gasteiger partial charge in [0.05, 0.1) is 6.54 Å². The van der Waals surface area contributed by atoms with Gasteiger partial charge in [-0.3, -0.25) is 9.59 Å². The van der Waals surface area contributed by atoms with E-state index >= 15 is 0 Å². The number of nitrogens with one attached hydrogen (secondary N) is 1. The van der Waals surface area contributed by atoms with Gasteiger partial charge in [-0.05, 0) is 24.6 Å². The van der Waals surface area contributed by atoms with E-state index in [9.17, 15) is 9.59 Å². The van der Waals surface area contributed by atoms with Gasteiger partial charge in [-0.1, -0.05) is 17.7 Å². The lowest BCUT2D eigenvalue weighted by Gasteiger charge is -2.29. The Morgan fingerprint density at radius 1 is 1.33 bits per heavy atom. The Kier molecular flexibility index (Phi) is 5.20. The first kappa shape index (κ1) is 15.8. The molecule has 0 aromatic heterocycles. The predicted molar refractivity (Wildman–Crippen MR) is 82.6 cm³/mol. The highest BCUT2D eigenvalue weighted by molar-refractivity contribution is 6.31. The lowest BCUT2D eigenvalue weighted by Crippen LogP contribution is -2.49. The van der Waals surface area contributed by atoms with Crippen molar-refractivity contribution in [3.05, 3.63) is 34.3 Å². The van der Waals surface area contributed by atoms with Gasteiger partial charge in [-0.2, -0.15) is 0 Å². The highest BCUT2D eigenvalue weighted by atomic mass is 35.5. The fraction of sp³-hybridized carbons (Fsp3) is 0.467. The van der Waals surface area contributed by atoms with E-state index in [-0.39, 0.29) is 18.4 Å². The van der Waals surface area contributed by atoms with Crippen molar-refractivity contribution in [3.63, 3.8) is 0 Å². The third-order valence-corrected chi connectivity index (χ3v) is 4.01. The van der Waals surface area contributed by atoms with Crippen LogP contribution in [0.4, 0.5) is 0 Å². The van der Waals surface area contributed by atoms with E-state index in [1.165, 1.54) is 4.90 Å². The zero-order valence-electron chi connectivity index (χ0n) is 12.4. The first-order chi connectivity index (χ1) is 9.99. The molecule has 21 heavy (non-hydrogen) atoms. The molecule has 5 nitrogen and oxygen atoms in total. The number of halogens is 1. The Labute approximate surface area is 129 Å². The second kappa shape index (κ2) is 6.91. The SMILES string of the molecule is Cc1ccc(C(=O)N(C)CC(=O)N2CCNCC2)cc1Cl. The van der Waals surface area contributed by atoms with Crippen LogP contribution in [0.15, 0.2) is 18.2 Å². The number of rotatable bonds is 3. The second-order valence-electron chi connectivity index (χ2n) is 5.26. The molecule has 114 valence electrons. The molecular weight excluding hydrogens is 290 g/mol. The number of carbonyl (C=O) groups excluding carboxylic acids is 2. The number of likely N-dealkylation sites (N-methyl/N-ethyl adjacent to an activating group) is 1. The molecule has 0 bridgehead atoms. The van der Waals surface area contributed by atoms with Crippen LogP contribution < -0.4 is 5.32 Å². The summed E-state index contributed by atoms with van der Waals surface area (Å²) in [6.07, 6.45) is 0. The van der Waals surface area contributed by atoms with Crippen LogP contribution in [-0.4, -0.2) is 61.4 Å². The summed E-state index contributed by atoms with van der Waals surface area (Å²) in [7, 11) is 1.64. The van der Waals surface area contributed by atoms with Gasteiger partial charge in [0.25, 0.3) is 5.91 Å². The quantitative estimate of drug-likeness (QED) is 0.911. The number of benzene rings is 1. The smallest absolute Gasteiger partial charge is 0.254 e. The molecule has 1 saturated heterocycles. The molecule has 1 aliphatic rings. The largest absolute Gasteiger partial charge is 0.339 e. The number of piperazine rings is 1. The fourth-order valence-electron chi connectivity index (χ4n) is 2.24. The Hall–Kier alpha value is -1.59. The molecule has 0 aliphatic carbocycles. The highest BCUT2D eigenvalue weighted by Crippen LogP contribution is 2.17. The second-order valence-corrected chi connectivity index (χ2v) is 5.66. The standard InChI is InChI=1S/C15H20ClN3O2/c1-11-3-4-12(9-13(11)16)15(21)18(2)10-14(20)19-7-5-17-6-8-19/h3-4,9,17H,5-8,10H2,1-2H3. The molecule has 1 N–H and O–H groups in total. The molecular formula is C15H20ClN3O2. The summed E-state index contributed by atoms with van der Waals surface area (Å²) in [5, 5.41) is 3.75. The molecule has 2 amide bonds. The maximum absolute atomic E-state index is 12.3. The number of nitrogens with zero attached hydrogens (tertiary/aromatic N) is 2. The van der Waals surface area contributed by atoms with Gasteiger partial charge < -0.3 is 15.1 Å². The van der Waals surface area contributed by atoms with E-state index < -0.39 is 0 Å². The molecule has 0 atom stereocenters. The van der Waals surface area contributed by atoms with Crippen LogP contribution in [0, 0.1) is 6.92 Å². The van der Waals surface area contributed by atoms with Gasteiger partial charge >= 0.3 is 0 Å². The fourth-order valence-corrected chi connectivity index (χ4v) is 2.42. The number of hydrogen-bond donors (Lipinski definition) is 1. The van der Waals surface area contributed by atoms with Crippen molar-refractivity contribution >= 4 is 23.4 Å². The molecule has 1 aromatic rings. The van der Waals surface area contributed by atoms with Crippen LogP contribution in [0.5, 0.6) is 0 Å². The summed E-state index contributed by atoms with van der Waals surface area (Å²) in [6.45, 7) is 4.96. The highest BCUT2D eigenvalue weighted by Gasteiger charge is 2.20. The zero-order chi connectivity index (χ0) is 15.4. The molecule has 2 rings (SSSR count). The minimum Gasteiger partial charge on any atom is -0.339 e. The topological polar surface area (TPSA) is 52.7 Å². The molecule has 1 aromatic carbocycles. The average molecular weight is 310 g/mol. The minimum atomic E-state index is -0.194. The minimum absolute atomic E-state index is 0.0226. The molecule has 6 heteroatoms. The number of hydrogen-bond acceptors (Lipinski definition) is 3. The Morgan fingerprint density at radius 2 is 2.00 bits per heavy atom. The van der Waals surface area contributed by atoms with Crippen LogP contribution >= 0.6 is 11.6 Å². The molecule has 0 radical (unpaired) electrons. The van der Waals surface area contributed by atoms with E-state index in [1.807, 2.05) is 13.0 Å². The van der Waals surface area contributed by atoms with Crippen LogP contribution in [0.25, 0.3) is 0 Å². The van der Waals surface area contributed by atoms with Crippen molar-refractivity contribution in [1.82, 2.24) is 15.1 Å². The maximum atomic E-state index is 12.3. The molecule has 0 unspecified atom stereocenters. The van der Waals surface area contributed by atoms with Crippen molar-refractivity contribution in [2.45, 2.75) is 6.92 Å². The normalized spacial score (nSPS) is 14.9.